The summed E-state index contributed by atoms with van der Waals surface area (Å²) in [6.07, 6.45) is 16.1. The van der Waals surface area contributed by atoms with Crippen molar-refractivity contribution in [1.29, 1.82) is 0 Å². The third-order valence-corrected chi connectivity index (χ3v) is 8.09. The number of carbonyl (C=O) groups excluding carboxylic acids is 2. The minimum absolute atomic E-state index is 0.385. The first-order valence-corrected chi connectivity index (χ1v) is 16.2. The molecule has 5 heteroatoms. The largest absolute Gasteiger partial charge is 0.488 e. The van der Waals surface area contributed by atoms with Crippen molar-refractivity contribution in [3.8, 4) is 11.1 Å². The van der Waals surface area contributed by atoms with Crippen LogP contribution >= 0.6 is 0 Å². The normalized spacial score (nSPS) is 10.8. The maximum absolute atomic E-state index is 10.2. The van der Waals surface area contributed by atoms with Crippen molar-refractivity contribution < 1.29 is 19.6 Å². The average Bonchev–Trinajstić information content (AvgIpc) is 3.45. The molecule has 1 aliphatic rings. The van der Waals surface area contributed by atoms with Gasteiger partial charge in [0, 0.05) is 11.1 Å². The van der Waals surface area contributed by atoms with Gasteiger partial charge in [0.25, 0.3) is 0 Å². The first kappa shape index (κ1) is 34.7. The van der Waals surface area contributed by atoms with Gasteiger partial charge in [-0.2, -0.15) is 0 Å². The number of benzene rings is 4. The van der Waals surface area contributed by atoms with Crippen LogP contribution in [-0.2, 0) is 19.3 Å². The number of carbonyl (C=O) groups is 2. The number of aldehydes is 2. The molecule has 0 atom stereocenters. The molecular weight excluding hydrogens is 543 g/mol. The molecule has 4 nitrogen and oxygen atoms in total. The lowest BCUT2D eigenvalue weighted by Crippen LogP contribution is -2.29. The monoisotopic (exact) mass is 590 g/mol. The molecule has 2 N–H and O–H groups in total. The van der Waals surface area contributed by atoms with Crippen LogP contribution in [-0.4, -0.2) is 29.7 Å². The van der Waals surface area contributed by atoms with E-state index in [1.807, 2.05) is 18.2 Å². The Morgan fingerprint density at radius 1 is 0.614 bits per heavy atom. The van der Waals surface area contributed by atoms with E-state index in [0.717, 1.165) is 18.3 Å². The van der Waals surface area contributed by atoms with Crippen LogP contribution in [0.2, 0.25) is 0 Å². The molecule has 4 aromatic rings. The molecule has 0 aromatic heterocycles. The van der Waals surface area contributed by atoms with Crippen molar-refractivity contribution in [2.24, 2.45) is 0 Å². The Morgan fingerprint density at radius 3 is 1.80 bits per heavy atom. The van der Waals surface area contributed by atoms with Gasteiger partial charge in [-0.3, -0.25) is 9.59 Å². The molecule has 0 saturated heterocycles. The molecule has 0 unspecified atom stereocenters. The third kappa shape index (κ3) is 10.7. The van der Waals surface area contributed by atoms with Gasteiger partial charge in [0.05, 0.1) is 0 Å². The molecule has 230 valence electrons. The molecule has 0 saturated carbocycles. The maximum Gasteiger partial charge on any atom is 0.488 e. The molecular formula is C39H47BO4. The molecule has 0 bridgehead atoms. The molecule has 5 rings (SSSR count). The highest BCUT2D eigenvalue weighted by atomic mass is 16.4. The van der Waals surface area contributed by atoms with Crippen LogP contribution in [0.1, 0.15) is 108 Å². The predicted octanol–water partition coefficient (Wildman–Crippen LogP) is 8.18. The molecule has 0 aliphatic heterocycles. The zero-order chi connectivity index (χ0) is 31.6. The molecule has 0 heterocycles. The fourth-order valence-corrected chi connectivity index (χ4v) is 5.62. The van der Waals surface area contributed by atoms with Crippen molar-refractivity contribution in [2.45, 2.75) is 84.5 Å². The second kappa shape index (κ2) is 19.5. The summed E-state index contributed by atoms with van der Waals surface area (Å²) in [7, 11) is -1.46. The zero-order valence-corrected chi connectivity index (χ0v) is 26.4. The van der Waals surface area contributed by atoms with E-state index in [9.17, 15) is 9.59 Å². The van der Waals surface area contributed by atoms with E-state index in [1.165, 1.54) is 105 Å². The van der Waals surface area contributed by atoms with Crippen molar-refractivity contribution in [2.75, 3.05) is 0 Å². The van der Waals surface area contributed by atoms with E-state index in [-0.39, 0.29) is 0 Å². The SMILES string of the molecule is CCCCCCc1ccc2c(c1CCCCCC)Cc1ccccc1-2.O=Cc1ccc(B(O)O)cc1.O=Cc1ccccc1. The summed E-state index contributed by atoms with van der Waals surface area (Å²) in [5.41, 5.74) is 11.1. The molecule has 0 amide bonds. The second-order valence-corrected chi connectivity index (χ2v) is 11.4. The number of fused-ring (bicyclic) bond motifs is 3. The Hall–Kier alpha value is -3.80. The third-order valence-electron chi connectivity index (χ3n) is 8.09. The van der Waals surface area contributed by atoms with Gasteiger partial charge in [0.1, 0.15) is 12.6 Å². The standard InChI is InChI=1S/C25H34.C7H7BO3.C7H6O/c1-3-5-7-9-13-20-17-18-24-23-16-12-11-14-21(23)19-25(24)22(20)15-10-8-6-4-2;9-5-6-1-3-7(4-2-6)8(10)11;8-6-7-4-2-1-3-5-7/h11-12,14,16-18H,3-10,13,15,19H2,1-2H3;1-5,10-11H;1-6H. The summed E-state index contributed by atoms with van der Waals surface area (Å²) in [6, 6.07) is 29.0. The van der Waals surface area contributed by atoms with Gasteiger partial charge in [-0.15, -0.1) is 0 Å². The van der Waals surface area contributed by atoms with E-state index in [4.69, 9.17) is 10.0 Å². The van der Waals surface area contributed by atoms with Crippen LogP contribution in [0.5, 0.6) is 0 Å². The summed E-state index contributed by atoms with van der Waals surface area (Å²) in [5.74, 6) is 0. The fourth-order valence-electron chi connectivity index (χ4n) is 5.62. The van der Waals surface area contributed by atoms with Gasteiger partial charge < -0.3 is 10.0 Å². The van der Waals surface area contributed by atoms with Gasteiger partial charge in [0.2, 0.25) is 0 Å². The number of unbranched alkanes of at least 4 members (excludes halogenated alkanes) is 6. The van der Waals surface area contributed by atoms with E-state index >= 15 is 0 Å². The fraction of sp³-hybridized carbons (Fsp3) is 0.333. The highest BCUT2D eigenvalue weighted by Crippen LogP contribution is 2.40. The van der Waals surface area contributed by atoms with Crippen molar-refractivity contribution in [3.63, 3.8) is 0 Å². The smallest absolute Gasteiger partial charge is 0.423 e. The lowest BCUT2D eigenvalue weighted by atomic mass is 9.80. The highest BCUT2D eigenvalue weighted by molar-refractivity contribution is 6.58. The quantitative estimate of drug-likeness (QED) is 0.0824. The minimum Gasteiger partial charge on any atom is -0.423 e. The first-order valence-electron chi connectivity index (χ1n) is 16.2. The van der Waals surface area contributed by atoms with Crippen molar-refractivity contribution in [1.82, 2.24) is 0 Å². The molecule has 4 aromatic carbocycles. The summed E-state index contributed by atoms with van der Waals surface area (Å²) >= 11 is 0. The lowest BCUT2D eigenvalue weighted by molar-refractivity contribution is 0.111. The van der Waals surface area contributed by atoms with E-state index in [0.29, 0.717) is 17.3 Å². The zero-order valence-electron chi connectivity index (χ0n) is 26.4. The topological polar surface area (TPSA) is 74.6 Å². The minimum atomic E-state index is -1.46. The van der Waals surface area contributed by atoms with Crippen LogP contribution in [0.15, 0.2) is 91.0 Å². The average molecular weight is 591 g/mol. The summed E-state index contributed by atoms with van der Waals surface area (Å²) in [4.78, 5) is 20.2. The van der Waals surface area contributed by atoms with Gasteiger partial charge in [-0.05, 0) is 70.9 Å². The molecule has 1 aliphatic carbocycles. The number of hydrogen-bond donors (Lipinski definition) is 2. The Balaban J connectivity index is 0.000000227. The Kier molecular flexibility index (Phi) is 15.4. The van der Waals surface area contributed by atoms with Gasteiger partial charge in [-0.1, -0.05) is 143 Å². The van der Waals surface area contributed by atoms with E-state index < -0.39 is 7.12 Å². The molecule has 0 radical (unpaired) electrons. The first-order chi connectivity index (χ1) is 21.5. The number of rotatable bonds is 13. The number of hydrogen-bond acceptors (Lipinski definition) is 4. The molecule has 44 heavy (non-hydrogen) atoms. The molecule has 0 spiro atoms. The lowest BCUT2D eigenvalue weighted by Gasteiger charge is -2.15. The summed E-state index contributed by atoms with van der Waals surface area (Å²) in [5, 5.41) is 17.3. The van der Waals surface area contributed by atoms with Crippen LogP contribution in [0.4, 0.5) is 0 Å². The van der Waals surface area contributed by atoms with Crippen LogP contribution in [0, 0.1) is 0 Å². The van der Waals surface area contributed by atoms with E-state index in [2.05, 4.69) is 50.2 Å². The van der Waals surface area contributed by atoms with E-state index in [1.54, 1.807) is 28.8 Å². The number of aryl methyl sites for hydroxylation is 1. The molecule has 0 fully saturated rings. The Morgan fingerprint density at radius 2 is 1.20 bits per heavy atom. The highest BCUT2D eigenvalue weighted by Gasteiger charge is 2.22. The summed E-state index contributed by atoms with van der Waals surface area (Å²) < 4.78 is 0. The van der Waals surface area contributed by atoms with Crippen molar-refractivity contribution >= 4 is 25.2 Å². The Labute approximate surface area is 264 Å². The van der Waals surface area contributed by atoms with Gasteiger partial charge >= 0.3 is 7.12 Å². The predicted molar refractivity (Wildman–Crippen MR) is 184 cm³/mol. The van der Waals surface area contributed by atoms with Crippen molar-refractivity contribution in [3.05, 3.63) is 124 Å². The maximum atomic E-state index is 10.2. The van der Waals surface area contributed by atoms with Gasteiger partial charge in [-0.25, -0.2) is 0 Å². The second-order valence-electron chi connectivity index (χ2n) is 11.4. The Bertz CT molecular complexity index is 1410. The summed E-state index contributed by atoms with van der Waals surface area (Å²) in [6.45, 7) is 4.60. The van der Waals surface area contributed by atoms with Gasteiger partial charge in [0.15, 0.2) is 0 Å². The van der Waals surface area contributed by atoms with Crippen LogP contribution in [0.3, 0.4) is 0 Å². The van der Waals surface area contributed by atoms with Crippen LogP contribution < -0.4 is 5.46 Å². The van der Waals surface area contributed by atoms with Crippen LogP contribution in [0.25, 0.3) is 11.1 Å².